The van der Waals surface area contributed by atoms with E-state index in [-0.39, 0.29) is 23.0 Å². The Balaban J connectivity index is 0.000000360. The lowest BCUT2D eigenvalue weighted by Crippen LogP contribution is -2.44. The maximum Gasteiger partial charge on any atom is 0.490 e. The SMILES string of the molecule is O=C(O)C(F)(F)F.O=C1CC2(CCN(C(=O)c3ccno3)CC2)CN1Cc1cccnc1. The summed E-state index contributed by atoms with van der Waals surface area (Å²) in [5.74, 6) is -2.41. The first-order valence-electron chi connectivity index (χ1n) is 9.76. The second-order valence-corrected chi connectivity index (χ2v) is 7.76. The molecule has 0 saturated carbocycles. The van der Waals surface area contributed by atoms with Gasteiger partial charge in [0.2, 0.25) is 11.7 Å². The van der Waals surface area contributed by atoms with Crippen molar-refractivity contribution in [3.05, 3.63) is 48.1 Å². The van der Waals surface area contributed by atoms with Crippen LogP contribution in [0.5, 0.6) is 0 Å². The van der Waals surface area contributed by atoms with Crippen LogP contribution in [0.15, 0.2) is 41.3 Å². The average Bonchev–Trinajstić information content (AvgIpc) is 3.38. The van der Waals surface area contributed by atoms with Crippen LogP contribution in [-0.2, 0) is 16.1 Å². The van der Waals surface area contributed by atoms with Gasteiger partial charge in [0.05, 0.1) is 6.20 Å². The first kappa shape index (κ1) is 23.2. The smallest absolute Gasteiger partial charge is 0.475 e. The molecule has 0 unspecified atom stereocenters. The topological polar surface area (TPSA) is 117 Å². The molecule has 2 fully saturated rings. The van der Waals surface area contributed by atoms with E-state index in [0.29, 0.717) is 26.1 Å². The molecule has 0 radical (unpaired) electrons. The van der Waals surface area contributed by atoms with Gasteiger partial charge in [0, 0.05) is 56.5 Å². The number of hydrogen-bond acceptors (Lipinski definition) is 6. The molecule has 0 bridgehead atoms. The van der Waals surface area contributed by atoms with Crippen molar-refractivity contribution in [2.45, 2.75) is 32.0 Å². The van der Waals surface area contributed by atoms with Crippen LogP contribution >= 0.6 is 0 Å². The molecule has 9 nitrogen and oxygen atoms in total. The number of halogens is 3. The van der Waals surface area contributed by atoms with Gasteiger partial charge in [-0.25, -0.2) is 4.79 Å². The monoisotopic (exact) mass is 454 g/mol. The van der Waals surface area contributed by atoms with Gasteiger partial charge in [-0.15, -0.1) is 0 Å². The van der Waals surface area contributed by atoms with Gasteiger partial charge in [-0.1, -0.05) is 11.2 Å². The highest BCUT2D eigenvalue weighted by Gasteiger charge is 2.45. The van der Waals surface area contributed by atoms with Crippen LogP contribution in [-0.4, -0.2) is 68.6 Å². The lowest BCUT2D eigenvalue weighted by atomic mass is 9.77. The van der Waals surface area contributed by atoms with E-state index >= 15 is 0 Å². The summed E-state index contributed by atoms with van der Waals surface area (Å²) in [5.41, 5.74) is 1.03. The summed E-state index contributed by atoms with van der Waals surface area (Å²) in [6, 6.07) is 5.46. The standard InChI is InChI=1S/C18H20N4O3.C2HF3O2/c23-16-10-18(13-22(16)12-14-2-1-6-19-11-14)4-8-21(9-5-18)17(24)15-3-7-20-25-15;3-2(4,5)1(6)7/h1-3,6-7,11H,4-5,8-10,12-13H2;(H,6,7). The van der Waals surface area contributed by atoms with Crippen LogP contribution in [0.25, 0.3) is 0 Å². The van der Waals surface area contributed by atoms with Crippen LogP contribution in [0.1, 0.15) is 35.4 Å². The van der Waals surface area contributed by atoms with E-state index in [1.54, 1.807) is 23.4 Å². The van der Waals surface area contributed by atoms with E-state index in [0.717, 1.165) is 24.9 Å². The number of pyridine rings is 1. The molecular weight excluding hydrogens is 433 g/mol. The van der Waals surface area contributed by atoms with E-state index in [4.69, 9.17) is 14.4 Å². The zero-order valence-electron chi connectivity index (χ0n) is 16.9. The van der Waals surface area contributed by atoms with Crippen LogP contribution in [0.3, 0.4) is 0 Å². The third-order valence-corrected chi connectivity index (χ3v) is 5.50. The van der Waals surface area contributed by atoms with E-state index in [9.17, 15) is 22.8 Å². The Morgan fingerprint density at radius 1 is 1.19 bits per heavy atom. The molecule has 4 heterocycles. The Hall–Kier alpha value is -3.44. The number of carboxylic acids is 1. The van der Waals surface area contributed by atoms with Gasteiger partial charge in [-0.3, -0.25) is 14.6 Å². The van der Waals surface area contributed by atoms with Gasteiger partial charge >= 0.3 is 12.1 Å². The highest BCUT2D eigenvalue weighted by Crippen LogP contribution is 2.41. The fourth-order valence-corrected chi connectivity index (χ4v) is 3.84. The summed E-state index contributed by atoms with van der Waals surface area (Å²) >= 11 is 0. The third kappa shape index (κ3) is 5.62. The number of hydrogen-bond donors (Lipinski definition) is 1. The summed E-state index contributed by atoms with van der Waals surface area (Å²) < 4.78 is 36.7. The molecule has 2 aromatic rings. The molecule has 2 saturated heterocycles. The Kier molecular flexibility index (Phi) is 6.80. The fourth-order valence-electron chi connectivity index (χ4n) is 3.84. The van der Waals surface area contributed by atoms with E-state index in [2.05, 4.69) is 10.1 Å². The highest BCUT2D eigenvalue weighted by atomic mass is 19.4. The molecular formula is C20H21F3N4O5. The van der Waals surface area contributed by atoms with Crippen LogP contribution in [0.2, 0.25) is 0 Å². The number of rotatable bonds is 3. The molecule has 0 aromatic carbocycles. The van der Waals surface area contributed by atoms with Gasteiger partial charge in [0.1, 0.15) is 0 Å². The van der Waals surface area contributed by atoms with Gasteiger partial charge < -0.3 is 19.4 Å². The number of aromatic nitrogens is 2. The van der Waals surface area contributed by atoms with Crippen molar-refractivity contribution in [2.24, 2.45) is 5.41 Å². The van der Waals surface area contributed by atoms with E-state index in [1.807, 2.05) is 17.0 Å². The van der Waals surface area contributed by atoms with Gasteiger partial charge in [-0.05, 0) is 24.5 Å². The highest BCUT2D eigenvalue weighted by molar-refractivity contribution is 5.91. The normalized spacial score (nSPS) is 17.8. The summed E-state index contributed by atoms with van der Waals surface area (Å²) in [5, 5.41) is 10.7. The van der Waals surface area contributed by atoms with E-state index in [1.165, 1.54) is 6.20 Å². The number of aliphatic carboxylic acids is 1. The minimum Gasteiger partial charge on any atom is -0.475 e. The number of carbonyl (C=O) groups excluding carboxylic acids is 2. The van der Waals surface area contributed by atoms with Crippen molar-refractivity contribution < 1.29 is 37.2 Å². The van der Waals surface area contributed by atoms with E-state index < -0.39 is 12.1 Å². The molecule has 2 aliphatic heterocycles. The van der Waals surface area contributed by atoms with Crippen molar-refractivity contribution in [3.8, 4) is 0 Å². The first-order chi connectivity index (χ1) is 15.1. The number of carboxylic acid groups (broad SMARTS) is 1. The van der Waals surface area contributed by atoms with Crippen molar-refractivity contribution in [3.63, 3.8) is 0 Å². The summed E-state index contributed by atoms with van der Waals surface area (Å²) in [7, 11) is 0. The third-order valence-electron chi connectivity index (χ3n) is 5.50. The lowest BCUT2D eigenvalue weighted by molar-refractivity contribution is -0.192. The Morgan fingerprint density at radius 3 is 2.41 bits per heavy atom. The molecule has 4 rings (SSSR count). The Labute approximate surface area is 180 Å². The van der Waals surface area contributed by atoms with Gasteiger partial charge in [0.15, 0.2) is 0 Å². The summed E-state index contributed by atoms with van der Waals surface area (Å²) in [4.78, 5) is 41.5. The largest absolute Gasteiger partial charge is 0.490 e. The Bertz CT molecular complexity index is 942. The zero-order valence-corrected chi connectivity index (χ0v) is 16.9. The van der Waals surface area contributed by atoms with Crippen LogP contribution in [0.4, 0.5) is 13.2 Å². The molecule has 2 aliphatic rings. The molecule has 2 aromatic heterocycles. The van der Waals surface area contributed by atoms with Crippen LogP contribution in [0, 0.1) is 5.41 Å². The molecule has 172 valence electrons. The zero-order chi connectivity index (χ0) is 23.4. The van der Waals surface area contributed by atoms with Gasteiger partial charge in [-0.2, -0.15) is 13.2 Å². The fraction of sp³-hybridized carbons (Fsp3) is 0.450. The predicted molar refractivity (Wildman–Crippen MR) is 102 cm³/mol. The predicted octanol–water partition coefficient (Wildman–Crippen LogP) is 2.36. The van der Waals surface area contributed by atoms with Crippen molar-refractivity contribution in [2.75, 3.05) is 19.6 Å². The molecule has 32 heavy (non-hydrogen) atoms. The number of amides is 2. The maximum atomic E-state index is 12.5. The second-order valence-electron chi connectivity index (χ2n) is 7.76. The summed E-state index contributed by atoms with van der Waals surface area (Å²) in [6.45, 7) is 2.65. The van der Waals surface area contributed by atoms with Crippen molar-refractivity contribution >= 4 is 17.8 Å². The number of carbonyl (C=O) groups is 3. The number of alkyl halides is 3. The molecule has 1 spiro atoms. The Morgan fingerprint density at radius 2 is 1.88 bits per heavy atom. The average molecular weight is 454 g/mol. The maximum absolute atomic E-state index is 12.5. The molecule has 0 atom stereocenters. The molecule has 0 aliphatic carbocycles. The van der Waals surface area contributed by atoms with Crippen LogP contribution < -0.4 is 0 Å². The molecule has 1 N–H and O–H groups in total. The number of nitrogens with zero attached hydrogens (tertiary/aromatic N) is 4. The lowest BCUT2D eigenvalue weighted by Gasteiger charge is -2.38. The minimum atomic E-state index is -5.08. The molecule has 2 amide bonds. The number of piperidine rings is 1. The van der Waals surface area contributed by atoms with Crippen molar-refractivity contribution in [1.82, 2.24) is 19.9 Å². The van der Waals surface area contributed by atoms with Crippen molar-refractivity contribution in [1.29, 1.82) is 0 Å². The quantitative estimate of drug-likeness (QED) is 0.757. The second kappa shape index (κ2) is 9.37. The van der Waals surface area contributed by atoms with Gasteiger partial charge in [0.25, 0.3) is 5.91 Å². The molecule has 12 heteroatoms. The first-order valence-corrected chi connectivity index (χ1v) is 9.76. The summed E-state index contributed by atoms with van der Waals surface area (Å²) in [6.07, 6.45) is 2.17. The minimum absolute atomic E-state index is 0.0164. The number of likely N-dealkylation sites (tertiary alicyclic amines) is 2.